The highest BCUT2D eigenvalue weighted by molar-refractivity contribution is 5.95. The largest absolute Gasteiger partial charge is 0.378 e. The number of halogens is 1. The molecule has 2 aliphatic heterocycles. The van der Waals surface area contributed by atoms with E-state index in [1.165, 1.54) is 0 Å². The molecule has 0 amide bonds. The van der Waals surface area contributed by atoms with Gasteiger partial charge in [-0.25, -0.2) is 14.1 Å². The van der Waals surface area contributed by atoms with Crippen LogP contribution in [-0.4, -0.2) is 60.6 Å². The summed E-state index contributed by atoms with van der Waals surface area (Å²) in [4.78, 5) is 6.93. The molecule has 4 heterocycles. The molecule has 0 spiro atoms. The smallest absolute Gasteiger partial charge is 0.161 e. The van der Waals surface area contributed by atoms with Crippen molar-refractivity contribution in [1.82, 2.24) is 14.8 Å². The van der Waals surface area contributed by atoms with E-state index in [0.29, 0.717) is 43.9 Å². The first-order valence-corrected chi connectivity index (χ1v) is 16.4. The minimum absolute atomic E-state index is 0.298. The van der Waals surface area contributed by atoms with Crippen LogP contribution in [0.2, 0.25) is 0 Å². The van der Waals surface area contributed by atoms with Crippen molar-refractivity contribution in [3.05, 3.63) is 150 Å². The lowest BCUT2D eigenvalue weighted by molar-refractivity contribution is -0.0404. The summed E-state index contributed by atoms with van der Waals surface area (Å²) in [5.74, 6) is 0.519. The molecule has 2 aromatic heterocycles. The first kappa shape index (κ1) is 31.7. The van der Waals surface area contributed by atoms with Crippen molar-refractivity contribution in [1.29, 1.82) is 0 Å². The van der Waals surface area contributed by atoms with Gasteiger partial charge in [0.2, 0.25) is 0 Å². The van der Waals surface area contributed by atoms with E-state index >= 15 is 4.39 Å². The Hall–Kier alpha value is -4.89. The molecule has 0 saturated carbocycles. The van der Waals surface area contributed by atoms with E-state index in [9.17, 15) is 0 Å². The third-order valence-corrected chi connectivity index (χ3v) is 9.12. The fourth-order valence-corrected chi connectivity index (χ4v) is 6.86. The Morgan fingerprint density at radius 3 is 2.27 bits per heavy atom. The van der Waals surface area contributed by atoms with E-state index < -0.39 is 11.8 Å². The molecule has 5 aromatic rings. The van der Waals surface area contributed by atoms with Gasteiger partial charge >= 0.3 is 0 Å². The number of aromatic nitrogens is 3. The SMILES string of the molecule is C=C/C=C\C(=C/C)C(c1ccccc1)(c1ccccc1)n1nc(-c2ccnc(N3CCOCC3)c2)c2cc(CC3OCCO3)c(F)cc21. The van der Waals surface area contributed by atoms with Crippen LogP contribution in [0.25, 0.3) is 22.2 Å². The molecule has 2 aliphatic rings. The van der Waals surface area contributed by atoms with Crippen LogP contribution in [0, 0.1) is 5.82 Å². The summed E-state index contributed by atoms with van der Waals surface area (Å²) in [5, 5.41) is 6.30. The zero-order valence-electron chi connectivity index (χ0n) is 27.1. The maximum atomic E-state index is 16.3. The molecule has 0 unspecified atom stereocenters. The van der Waals surface area contributed by atoms with Gasteiger partial charge in [-0.15, -0.1) is 0 Å². The number of fused-ring (bicyclic) bond motifs is 1. The first-order chi connectivity index (χ1) is 23.6. The van der Waals surface area contributed by atoms with Crippen LogP contribution in [0.5, 0.6) is 0 Å². The maximum Gasteiger partial charge on any atom is 0.161 e. The predicted molar refractivity (Wildman–Crippen MR) is 188 cm³/mol. The fourth-order valence-electron chi connectivity index (χ4n) is 6.86. The molecule has 0 radical (unpaired) electrons. The summed E-state index contributed by atoms with van der Waals surface area (Å²) in [6, 6.07) is 28.1. The second-order valence-corrected chi connectivity index (χ2v) is 11.9. The highest BCUT2D eigenvalue weighted by Gasteiger charge is 2.42. The van der Waals surface area contributed by atoms with E-state index in [0.717, 1.165) is 52.3 Å². The van der Waals surface area contributed by atoms with E-state index in [1.807, 2.05) is 72.4 Å². The van der Waals surface area contributed by atoms with E-state index in [1.54, 1.807) is 12.1 Å². The highest BCUT2D eigenvalue weighted by atomic mass is 19.1. The van der Waals surface area contributed by atoms with Crippen molar-refractivity contribution in [3.63, 3.8) is 0 Å². The second-order valence-electron chi connectivity index (χ2n) is 11.9. The lowest BCUT2D eigenvalue weighted by Gasteiger charge is -2.37. The molecule has 2 saturated heterocycles. The number of hydrogen-bond acceptors (Lipinski definition) is 6. The van der Waals surface area contributed by atoms with Crippen LogP contribution < -0.4 is 4.90 Å². The molecule has 0 N–H and O–H groups in total. The Kier molecular flexibility index (Phi) is 9.29. The van der Waals surface area contributed by atoms with E-state index in [-0.39, 0.29) is 5.82 Å². The summed E-state index contributed by atoms with van der Waals surface area (Å²) in [6.45, 7) is 9.79. The van der Waals surface area contributed by atoms with Gasteiger partial charge < -0.3 is 19.1 Å². The van der Waals surface area contributed by atoms with Crippen molar-refractivity contribution in [2.45, 2.75) is 25.2 Å². The summed E-state index contributed by atoms with van der Waals surface area (Å²) < 4.78 is 35.4. The Bertz CT molecular complexity index is 1900. The second kappa shape index (κ2) is 14.1. The third kappa shape index (κ3) is 5.87. The average Bonchev–Trinajstić information content (AvgIpc) is 3.80. The minimum Gasteiger partial charge on any atom is -0.378 e. The first-order valence-electron chi connectivity index (χ1n) is 16.4. The number of rotatable bonds is 10. The molecule has 7 nitrogen and oxygen atoms in total. The van der Waals surface area contributed by atoms with Gasteiger partial charge in [0, 0.05) is 42.7 Å². The summed E-state index contributed by atoms with van der Waals surface area (Å²) in [7, 11) is 0. The Labute approximate surface area is 280 Å². The van der Waals surface area contributed by atoms with Crippen molar-refractivity contribution >= 4 is 16.7 Å². The van der Waals surface area contributed by atoms with Gasteiger partial charge in [-0.05, 0) is 47.4 Å². The van der Waals surface area contributed by atoms with Gasteiger partial charge in [-0.3, -0.25) is 0 Å². The van der Waals surface area contributed by atoms with Gasteiger partial charge in [0.1, 0.15) is 22.9 Å². The minimum atomic E-state index is -0.973. The molecule has 3 aromatic carbocycles. The van der Waals surface area contributed by atoms with Crippen molar-refractivity contribution in [3.8, 4) is 11.3 Å². The molecule has 0 aliphatic carbocycles. The van der Waals surface area contributed by atoms with Gasteiger partial charge in [0.05, 0.1) is 31.9 Å². The fraction of sp³-hybridized carbons (Fsp3) is 0.250. The standard InChI is InChI=1S/C40H39FN4O3/c1-3-5-12-31(4-2)40(32-13-8-6-9-14-32,33-15-10-7-11-16-33)45-36-28-35(41)30(27-38-47-23-24-48-38)25-34(36)39(43-45)29-17-18-42-37(26-29)44-19-21-46-22-20-44/h3-18,25-26,28,38H,1,19-24,27H2,2H3/b12-5-,31-4+. The molecule has 8 heteroatoms. The van der Waals surface area contributed by atoms with Crippen molar-refractivity contribution in [2.75, 3.05) is 44.4 Å². The summed E-state index contributed by atoms with van der Waals surface area (Å²) in [5.41, 5.74) is 4.74. The van der Waals surface area contributed by atoms with E-state index in [4.69, 9.17) is 24.3 Å². The molecular formula is C40H39FN4O3. The number of allylic oxidation sites excluding steroid dienone is 5. The van der Waals surface area contributed by atoms with Gasteiger partial charge in [0.25, 0.3) is 0 Å². The third-order valence-electron chi connectivity index (χ3n) is 9.12. The number of anilines is 1. The van der Waals surface area contributed by atoms with Crippen LogP contribution in [0.3, 0.4) is 0 Å². The summed E-state index contributed by atoms with van der Waals surface area (Å²) >= 11 is 0. The van der Waals surface area contributed by atoms with Crippen molar-refractivity contribution in [2.24, 2.45) is 0 Å². The number of pyridine rings is 1. The number of ether oxygens (including phenoxy) is 3. The molecule has 0 atom stereocenters. The van der Waals surface area contributed by atoms with E-state index in [2.05, 4.69) is 54.0 Å². The van der Waals surface area contributed by atoms with Gasteiger partial charge in [-0.1, -0.05) is 91.5 Å². The zero-order valence-corrected chi connectivity index (χ0v) is 27.1. The van der Waals surface area contributed by atoms with Crippen LogP contribution in [0.15, 0.2) is 128 Å². The predicted octanol–water partition coefficient (Wildman–Crippen LogP) is 7.47. The van der Waals surface area contributed by atoms with Gasteiger partial charge in [-0.2, -0.15) is 5.10 Å². The Morgan fingerprint density at radius 2 is 1.62 bits per heavy atom. The summed E-state index contributed by atoms with van der Waals surface area (Å²) in [6.07, 6.45) is 9.47. The van der Waals surface area contributed by atoms with Crippen LogP contribution in [0.4, 0.5) is 10.2 Å². The topological polar surface area (TPSA) is 61.6 Å². The molecule has 48 heavy (non-hydrogen) atoms. The normalized spacial score (nSPS) is 16.3. The molecular weight excluding hydrogens is 603 g/mol. The monoisotopic (exact) mass is 642 g/mol. The van der Waals surface area contributed by atoms with Gasteiger partial charge in [0.15, 0.2) is 6.29 Å². The molecule has 2 fully saturated rings. The highest BCUT2D eigenvalue weighted by Crippen LogP contribution is 2.45. The van der Waals surface area contributed by atoms with Crippen LogP contribution >= 0.6 is 0 Å². The molecule has 0 bridgehead atoms. The quantitative estimate of drug-likeness (QED) is 0.147. The lowest BCUT2D eigenvalue weighted by atomic mass is 9.76. The molecule has 7 rings (SSSR count). The maximum absolute atomic E-state index is 16.3. The number of morpholine rings is 1. The van der Waals surface area contributed by atoms with Crippen LogP contribution in [-0.2, 0) is 26.2 Å². The Balaban J connectivity index is 1.54. The average molecular weight is 643 g/mol. The number of benzene rings is 3. The molecule has 244 valence electrons. The van der Waals surface area contributed by atoms with Crippen molar-refractivity contribution < 1.29 is 18.6 Å². The number of nitrogens with zero attached hydrogens (tertiary/aromatic N) is 4. The van der Waals surface area contributed by atoms with Crippen LogP contribution in [0.1, 0.15) is 23.6 Å². The Morgan fingerprint density at radius 1 is 0.938 bits per heavy atom. The number of hydrogen-bond donors (Lipinski definition) is 0. The zero-order chi connectivity index (χ0) is 32.9. The lowest BCUT2D eigenvalue weighted by Crippen LogP contribution is -2.39.